The quantitative estimate of drug-likeness (QED) is 0.819. The first-order valence-corrected chi connectivity index (χ1v) is 5.32. The van der Waals surface area contributed by atoms with Gasteiger partial charge in [-0.15, -0.1) is 0 Å². The predicted octanol–water partition coefficient (Wildman–Crippen LogP) is 2.85. The van der Waals surface area contributed by atoms with Crippen LogP contribution in [0.4, 0.5) is 0 Å². The molecule has 0 spiro atoms. The first-order chi connectivity index (χ1) is 7.10. The molecule has 0 aromatic heterocycles. The molecule has 1 rings (SSSR count). The van der Waals surface area contributed by atoms with E-state index >= 15 is 0 Å². The van der Waals surface area contributed by atoms with Gasteiger partial charge in [0, 0.05) is 6.04 Å². The number of nitrogens with two attached hydrogens (primary N) is 1. The fourth-order valence-electron chi connectivity index (χ4n) is 1.76. The first-order valence-electron chi connectivity index (χ1n) is 5.32. The lowest BCUT2D eigenvalue weighted by atomic mass is 9.89. The van der Waals surface area contributed by atoms with Gasteiger partial charge >= 0.3 is 0 Å². The van der Waals surface area contributed by atoms with Crippen LogP contribution in [0.3, 0.4) is 0 Å². The number of rotatable bonds is 3. The van der Waals surface area contributed by atoms with E-state index in [2.05, 4.69) is 24.3 Å². The molecule has 0 heterocycles. The SMILES string of the molecule is CCC(C#N)C(N)c1cc(C)ccc1C. The maximum Gasteiger partial charge on any atom is 0.0675 e. The standard InChI is InChI=1S/C13H18N2/c1-4-11(8-14)13(15)12-7-9(2)5-6-10(12)3/h5-7,11,13H,4,15H2,1-3H3. The van der Waals surface area contributed by atoms with E-state index in [1.807, 2.05) is 20.8 Å². The summed E-state index contributed by atoms with van der Waals surface area (Å²) in [6.45, 7) is 6.08. The van der Waals surface area contributed by atoms with Gasteiger partial charge in [-0.25, -0.2) is 0 Å². The molecule has 1 aromatic rings. The number of hydrogen-bond acceptors (Lipinski definition) is 2. The minimum Gasteiger partial charge on any atom is -0.323 e. The van der Waals surface area contributed by atoms with Gasteiger partial charge in [-0.1, -0.05) is 30.7 Å². The summed E-state index contributed by atoms with van der Waals surface area (Å²) in [4.78, 5) is 0. The van der Waals surface area contributed by atoms with Gasteiger partial charge in [0.05, 0.1) is 12.0 Å². The molecule has 0 aliphatic carbocycles. The minimum absolute atomic E-state index is 0.0921. The summed E-state index contributed by atoms with van der Waals surface area (Å²) in [7, 11) is 0. The van der Waals surface area contributed by atoms with E-state index in [0.29, 0.717) is 0 Å². The number of nitrogens with zero attached hydrogens (tertiary/aromatic N) is 1. The summed E-state index contributed by atoms with van der Waals surface area (Å²) >= 11 is 0. The molecule has 0 amide bonds. The average Bonchev–Trinajstić information content (AvgIpc) is 2.23. The Balaban J connectivity index is 3.05. The van der Waals surface area contributed by atoms with Gasteiger partial charge in [0.25, 0.3) is 0 Å². The smallest absolute Gasteiger partial charge is 0.0675 e. The molecular weight excluding hydrogens is 184 g/mol. The highest BCUT2D eigenvalue weighted by atomic mass is 14.7. The van der Waals surface area contributed by atoms with E-state index in [1.165, 1.54) is 11.1 Å². The number of aryl methyl sites for hydroxylation is 2. The third-order valence-electron chi connectivity index (χ3n) is 2.83. The maximum atomic E-state index is 8.99. The largest absolute Gasteiger partial charge is 0.323 e. The highest BCUT2D eigenvalue weighted by Gasteiger charge is 2.18. The van der Waals surface area contributed by atoms with Crippen LogP contribution in [0.2, 0.25) is 0 Å². The Morgan fingerprint density at radius 2 is 2.07 bits per heavy atom. The molecule has 80 valence electrons. The van der Waals surface area contributed by atoms with Gasteiger partial charge < -0.3 is 5.73 Å². The number of benzene rings is 1. The van der Waals surface area contributed by atoms with Crippen molar-refractivity contribution in [2.24, 2.45) is 11.7 Å². The minimum atomic E-state index is -0.167. The lowest BCUT2D eigenvalue weighted by Gasteiger charge is -2.19. The molecule has 0 aliphatic rings. The topological polar surface area (TPSA) is 49.8 Å². The Morgan fingerprint density at radius 3 is 2.60 bits per heavy atom. The summed E-state index contributed by atoms with van der Waals surface area (Å²) in [6, 6.07) is 8.32. The molecule has 2 nitrogen and oxygen atoms in total. The van der Waals surface area contributed by atoms with Crippen LogP contribution < -0.4 is 5.73 Å². The third kappa shape index (κ3) is 2.57. The van der Waals surface area contributed by atoms with E-state index < -0.39 is 0 Å². The molecule has 0 radical (unpaired) electrons. The molecule has 2 unspecified atom stereocenters. The van der Waals surface area contributed by atoms with Crippen LogP contribution >= 0.6 is 0 Å². The van der Waals surface area contributed by atoms with Crippen molar-refractivity contribution >= 4 is 0 Å². The van der Waals surface area contributed by atoms with Crippen molar-refractivity contribution in [2.75, 3.05) is 0 Å². The summed E-state index contributed by atoms with van der Waals surface area (Å²) in [5.41, 5.74) is 9.57. The van der Waals surface area contributed by atoms with E-state index in [0.717, 1.165) is 12.0 Å². The normalized spacial score (nSPS) is 14.3. The van der Waals surface area contributed by atoms with Gasteiger partial charge in [0.15, 0.2) is 0 Å². The zero-order chi connectivity index (χ0) is 11.4. The van der Waals surface area contributed by atoms with Crippen LogP contribution in [-0.2, 0) is 0 Å². The third-order valence-corrected chi connectivity index (χ3v) is 2.83. The second-order valence-electron chi connectivity index (χ2n) is 4.03. The number of hydrogen-bond donors (Lipinski definition) is 1. The van der Waals surface area contributed by atoms with Crippen LogP contribution in [0.15, 0.2) is 18.2 Å². The molecule has 15 heavy (non-hydrogen) atoms. The summed E-state index contributed by atoms with van der Waals surface area (Å²) in [5.74, 6) is -0.0921. The Labute approximate surface area is 91.7 Å². The van der Waals surface area contributed by atoms with Gasteiger partial charge in [0.1, 0.15) is 0 Å². The molecular formula is C13H18N2. The Hall–Kier alpha value is -1.33. The zero-order valence-corrected chi connectivity index (χ0v) is 9.62. The van der Waals surface area contributed by atoms with Crippen molar-refractivity contribution in [3.05, 3.63) is 34.9 Å². The highest BCUT2D eigenvalue weighted by Crippen LogP contribution is 2.25. The molecule has 0 fully saturated rings. The van der Waals surface area contributed by atoms with E-state index in [-0.39, 0.29) is 12.0 Å². The zero-order valence-electron chi connectivity index (χ0n) is 9.62. The van der Waals surface area contributed by atoms with Crippen LogP contribution in [0.1, 0.15) is 36.1 Å². The second-order valence-corrected chi connectivity index (χ2v) is 4.03. The van der Waals surface area contributed by atoms with E-state index in [1.54, 1.807) is 0 Å². The fraction of sp³-hybridized carbons (Fsp3) is 0.462. The van der Waals surface area contributed by atoms with Crippen LogP contribution in [0.25, 0.3) is 0 Å². The van der Waals surface area contributed by atoms with Crippen molar-refractivity contribution < 1.29 is 0 Å². The summed E-state index contributed by atoms with van der Waals surface area (Å²) < 4.78 is 0. The van der Waals surface area contributed by atoms with Gasteiger partial charge in [-0.3, -0.25) is 0 Å². The monoisotopic (exact) mass is 202 g/mol. The van der Waals surface area contributed by atoms with Gasteiger partial charge in [0.2, 0.25) is 0 Å². The molecule has 2 N–H and O–H groups in total. The first kappa shape index (κ1) is 11.7. The van der Waals surface area contributed by atoms with Crippen molar-refractivity contribution in [2.45, 2.75) is 33.2 Å². The highest BCUT2D eigenvalue weighted by molar-refractivity contribution is 5.33. The Morgan fingerprint density at radius 1 is 1.40 bits per heavy atom. The van der Waals surface area contributed by atoms with Crippen molar-refractivity contribution in [3.8, 4) is 6.07 Å². The fourth-order valence-corrected chi connectivity index (χ4v) is 1.76. The molecule has 2 heteroatoms. The summed E-state index contributed by atoms with van der Waals surface area (Å²) in [5, 5.41) is 8.99. The maximum absolute atomic E-state index is 8.99. The van der Waals surface area contributed by atoms with Crippen LogP contribution in [-0.4, -0.2) is 0 Å². The molecule has 2 atom stereocenters. The van der Waals surface area contributed by atoms with Crippen LogP contribution in [0, 0.1) is 31.1 Å². The Kier molecular flexibility index (Phi) is 3.88. The predicted molar refractivity (Wildman–Crippen MR) is 62.2 cm³/mol. The summed E-state index contributed by atoms with van der Waals surface area (Å²) in [6.07, 6.45) is 0.797. The van der Waals surface area contributed by atoms with E-state index in [4.69, 9.17) is 11.0 Å². The molecule has 1 aromatic carbocycles. The van der Waals surface area contributed by atoms with Crippen molar-refractivity contribution in [1.29, 1.82) is 5.26 Å². The second kappa shape index (κ2) is 4.95. The average molecular weight is 202 g/mol. The van der Waals surface area contributed by atoms with Crippen molar-refractivity contribution in [1.82, 2.24) is 0 Å². The molecule has 0 bridgehead atoms. The lowest BCUT2D eigenvalue weighted by Crippen LogP contribution is -2.20. The van der Waals surface area contributed by atoms with Gasteiger partial charge in [-0.05, 0) is 31.4 Å². The Bertz CT molecular complexity index is 377. The van der Waals surface area contributed by atoms with E-state index in [9.17, 15) is 0 Å². The molecule has 0 saturated heterocycles. The van der Waals surface area contributed by atoms with Crippen molar-refractivity contribution in [3.63, 3.8) is 0 Å². The lowest BCUT2D eigenvalue weighted by molar-refractivity contribution is 0.515. The molecule has 0 saturated carbocycles. The van der Waals surface area contributed by atoms with Gasteiger partial charge in [-0.2, -0.15) is 5.26 Å². The number of nitriles is 1. The molecule has 0 aliphatic heterocycles. The van der Waals surface area contributed by atoms with Crippen LogP contribution in [0.5, 0.6) is 0 Å².